The SMILES string of the molecule is OC[C@H]1O[C@@](O)(N(O)c2ncccn2)[C@H](O)[C@@H]1O. The Hall–Kier alpha value is -1.36. The summed E-state index contributed by atoms with van der Waals surface area (Å²) in [6.07, 6.45) is -2.04. The maximum absolute atomic E-state index is 10.0. The van der Waals surface area contributed by atoms with Crippen molar-refractivity contribution < 1.29 is 30.4 Å². The van der Waals surface area contributed by atoms with E-state index in [-0.39, 0.29) is 11.0 Å². The average Bonchev–Trinajstić information content (AvgIpc) is 2.64. The lowest BCUT2D eigenvalue weighted by Crippen LogP contribution is -2.56. The second-order valence-corrected chi connectivity index (χ2v) is 3.79. The van der Waals surface area contributed by atoms with Crippen LogP contribution in [0, 0.1) is 0 Å². The molecule has 0 amide bonds. The Kier molecular flexibility index (Phi) is 3.43. The molecule has 1 saturated heterocycles. The van der Waals surface area contributed by atoms with Crippen LogP contribution in [0.1, 0.15) is 0 Å². The van der Waals surface area contributed by atoms with E-state index in [2.05, 4.69) is 9.97 Å². The minimum Gasteiger partial charge on any atom is -0.394 e. The predicted molar refractivity (Wildman–Crippen MR) is 55.2 cm³/mol. The predicted octanol–water partition coefficient (Wildman–Crippen LogP) is -2.57. The van der Waals surface area contributed by atoms with Crippen LogP contribution in [-0.4, -0.2) is 66.4 Å². The number of aliphatic hydroxyl groups excluding tert-OH is 3. The van der Waals surface area contributed by atoms with Gasteiger partial charge in [-0.15, -0.1) is 0 Å². The van der Waals surface area contributed by atoms with Gasteiger partial charge in [0.2, 0.25) is 0 Å². The zero-order chi connectivity index (χ0) is 13.3. The van der Waals surface area contributed by atoms with Crippen molar-refractivity contribution in [2.45, 2.75) is 24.2 Å². The van der Waals surface area contributed by atoms with Crippen LogP contribution < -0.4 is 5.06 Å². The first-order chi connectivity index (χ1) is 8.50. The van der Waals surface area contributed by atoms with Crippen LogP contribution in [0.3, 0.4) is 0 Å². The molecule has 9 nitrogen and oxygen atoms in total. The van der Waals surface area contributed by atoms with Crippen LogP contribution in [0.25, 0.3) is 0 Å². The zero-order valence-corrected chi connectivity index (χ0v) is 9.16. The molecule has 1 aromatic rings. The highest BCUT2D eigenvalue weighted by molar-refractivity contribution is 5.27. The first kappa shape index (κ1) is 13.1. The topological polar surface area (TPSA) is 139 Å². The Bertz CT molecular complexity index is 407. The number of aromatic nitrogens is 2. The summed E-state index contributed by atoms with van der Waals surface area (Å²) in [5, 5.41) is 47.9. The minimum absolute atomic E-state index is 0.0938. The van der Waals surface area contributed by atoms with Gasteiger partial charge in [0, 0.05) is 12.4 Å². The van der Waals surface area contributed by atoms with E-state index in [0.717, 1.165) is 0 Å². The summed E-state index contributed by atoms with van der Waals surface area (Å²) < 4.78 is 4.84. The second-order valence-electron chi connectivity index (χ2n) is 3.79. The van der Waals surface area contributed by atoms with Crippen LogP contribution in [0.2, 0.25) is 0 Å². The molecule has 0 saturated carbocycles. The molecule has 0 spiro atoms. The van der Waals surface area contributed by atoms with Crippen LogP contribution in [-0.2, 0) is 4.74 Å². The van der Waals surface area contributed by atoms with Crippen molar-refractivity contribution in [3.8, 4) is 0 Å². The smallest absolute Gasteiger partial charge is 0.305 e. The molecule has 0 aliphatic carbocycles. The Labute approximate surface area is 101 Å². The van der Waals surface area contributed by atoms with E-state index in [1.165, 1.54) is 18.5 Å². The summed E-state index contributed by atoms with van der Waals surface area (Å²) >= 11 is 0. The standard InChI is InChI=1S/C9H13N3O6/c13-4-5-6(14)7(15)9(16,18-5)12(17)8-10-2-1-3-11-8/h1-3,5-7,13-17H,4H2/t5-,6-,7-,9-/m1/s1. The summed E-state index contributed by atoms with van der Waals surface area (Å²) in [6, 6.07) is 1.48. The molecule has 100 valence electrons. The van der Waals surface area contributed by atoms with Crippen molar-refractivity contribution in [3.63, 3.8) is 0 Å². The highest BCUT2D eigenvalue weighted by Gasteiger charge is 2.58. The fourth-order valence-electron chi connectivity index (χ4n) is 1.65. The van der Waals surface area contributed by atoms with E-state index >= 15 is 0 Å². The molecule has 0 bridgehead atoms. The Balaban J connectivity index is 2.27. The van der Waals surface area contributed by atoms with Gasteiger partial charge in [0.1, 0.15) is 12.2 Å². The largest absolute Gasteiger partial charge is 0.394 e. The van der Waals surface area contributed by atoms with Crippen LogP contribution in [0.4, 0.5) is 5.95 Å². The first-order valence-corrected chi connectivity index (χ1v) is 5.14. The Morgan fingerprint density at radius 1 is 1.33 bits per heavy atom. The molecule has 1 aromatic heterocycles. The van der Waals surface area contributed by atoms with Gasteiger partial charge in [-0.25, -0.2) is 9.97 Å². The summed E-state index contributed by atoms with van der Waals surface area (Å²) in [7, 11) is 0. The lowest BCUT2D eigenvalue weighted by Gasteiger charge is -2.32. The summed E-state index contributed by atoms with van der Waals surface area (Å²) in [5.74, 6) is -2.96. The van der Waals surface area contributed by atoms with Gasteiger partial charge in [-0.2, -0.15) is 5.06 Å². The van der Waals surface area contributed by atoms with Gasteiger partial charge >= 0.3 is 5.91 Å². The lowest BCUT2D eigenvalue weighted by molar-refractivity contribution is -0.260. The Morgan fingerprint density at radius 3 is 2.44 bits per heavy atom. The molecule has 9 heteroatoms. The van der Waals surface area contributed by atoms with Crippen molar-refractivity contribution in [1.82, 2.24) is 9.97 Å². The van der Waals surface area contributed by atoms with Gasteiger partial charge in [-0.1, -0.05) is 0 Å². The van der Waals surface area contributed by atoms with Crippen molar-refractivity contribution in [2.75, 3.05) is 11.7 Å². The van der Waals surface area contributed by atoms with Crippen molar-refractivity contribution in [3.05, 3.63) is 18.5 Å². The van der Waals surface area contributed by atoms with Gasteiger partial charge < -0.3 is 25.2 Å². The number of aliphatic hydroxyl groups is 4. The van der Waals surface area contributed by atoms with E-state index in [1.54, 1.807) is 0 Å². The van der Waals surface area contributed by atoms with Crippen LogP contribution in [0.5, 0.6) is 0 Å². The molecule has 1 aliphatic rings. The van der Waals surface area contributed by atoms with Crippen LogP contribution >= 0.6 is 0 Å². The number of hydroxylamine groups is 1. The molecule has 0 aromatic carbocycles. The average molecular weight is 259 g/mol. The number of hydrogen-bond donors (Lipinski definition) is 5. The minimum atomic E-state index is -2.63. The third-order valence-electron chi connectivity index (χ3n) is 2.64. The molecule has 2 rings (SSSR count). The normalized spacial score (nSPS) is 35.7. The number of anilines is 1. The van der Waals surface area contributed by atoms with Gasteiger partial charge in [0.15, 0.2) is 6.10 Å². The maximum atomic E-state index is 10.0. The highest BCUT2D eigenvalue weighted by Crippen LogP contribution is 2.32. The molecule has 2 heterocycles. The van der Waals surface area contributed by atoms with E-state index < -0.39 is 30.8 Å². The van der Waals surface area contributed by atoms with Crippen molar-refractivity contribution in [2.24, 2.45) is 0 Å². The molecule has 1 fully saturated rings. The van der Waals surface area contributed by atoms with Gasteiger partial charge in [-0.3, -0.25) is 5.21 Å². The molecule has 5 N–H and O–H groups in total. The van der Waals surface area contributed by atoms with E-state index in [9.17, 15) is 20.5 Å². The van der Waals surface area contributed by atoms with Gasteiger partial charge in [0.05, 0.1) is 6.61 Å². The molecule has 1 aliphatic heterocycles. The fraction of sp³-hybridized carbons (Fsp3) is 0.556. The third-order valence-corrected chi connectivity index (χ3v) is 2.64. The van der Waals surface area contributed by atoms with Crippen molar-refractivity contribution >= 4 is 5.95 Å². The van der Waals surface area contributed by atoms with E-state index in [1.807, 2.05) is 0 Å². The molecular weight excluding hydrogens is 246 g/mol. The molecule has 18 heavy (non-hydrogen) atoms. The van der Waals surface area contributed by atoms with E-state index in [0.29, 0.717) is 0 Å². The molecular formula is C9H13N3O6. The maximum Gasteiger partial charge on any atom is 0.305 e. The number of rotatable bonds is 3. The fourth-order valence-corrected chi connectivity index (χ4v) is 1.65. The molecule has 0 unspecified atom stereocenters. The van der Waals surface area contributed by atoms with Crippen LogP contribution in [0.15, 0.2) is 18.5 Å². The van der Waals surface area contributed by atoms with Gasteiger partial charge in [0.25, 0.3) is 5.95 Å². The first-order valence-electron chi connectivity index (χ1n) is 5.14. The van der Waals surface area contributed by atoms with Crippen molar-refractivity contribution in [1.29, 1.82) is 0 Å². The second kappa shape index (κ2) is 4.72. The van der Waals surface area contributed by atoms with Gasteiger partial charge in [-0.05, 0) is 6.07 Å². The molecule has 0 radical (unpaired) electrons. The lowest BCUT2D eigenvalue weighted by atomic mass is 10.1. The Morgan fingerprint density at radius 2 is 1.94 bits per heavy atom. The summed E-state index contributed by atoms with van der Waals surface area (Å²) in [6.45, 7) is -0.635. The van der Waals surface area contributed by atoms with E-state index in [4.69, 9.17) is 9.84 Å². The third kappa shape index (κ3) is 1.92. The number of hydrogen-bond acceptors (Lipinski definition) is 9. The number of ether oxygens (including phenoxy) is 1. The monoisotopic (exact) mass is 259 g/mol. The number of nitrogens with zero attached hydrogens (tertiary/aromatic N) is 3. The summed E-state index contributed by atoms with van der Waals surface area (Å²) in [5.41, 5.74) is 0. The summed E-state index contributed by atoms with van der Waals surface area (Å²) in [4.78, 5) is 7.30. The zero-order valence-electron chi connectivity index (χ0n) is 9.16. The highest BCUT2D eigenvalue weighted by atomic mass is 16.7. The quantitative estimate of drug-likeness (QED) is 0.292. The molecule has 4 atom stereocenters.